The number of aliphatic imine (C=N–C) groups is 1. The predicted octanol–water partition coefficient (Wildman–Crippen LogP) is 2.94. The fourth-order valence-corrected chi connectivity index (χ4v) is 2.98. The molecule has 1 aliphatic rings. The summed E-state index contributed by atoms with van der Waals surface area (Å²) in [7, 11) is 3.35. The van der Waals surface area contributed by atoms with Gasteiger partial charge in [0.1, 0.15) is 6.54 Å². The Bertz CT molecular complexity index is 673. The molecule has 27 heavy (non-hydrogen) atoms. The Morgan fingerprint density at radius 3 is 2.74 bits per heavy atom. The van der Waals surface area contributed by atoms with Crippen molar-refractivity contribution in [3.8, 4) is 0 Å². The van der Waals surface area contributed by atoms with E-state index in [1.807, 2.05) is 11.8 Å². The number of guanidine groups is 1. The van der Waals surface area contributed by atoms with Crippen LogP contribution in [0.2, 0.25) is 0 Å². The van der Waals surface area contributed by atoms with Crippen molar-refractivity contribution in [2.45, 2.75) is 31.9 Å². The van der Waals surface area contributed by atoms with Crippen LogP contribution in [0.25, 0.3) is 0 Å². The Morgan fingerprint density at radius 1 is 1.37 bits per heavy atom. The number of nitrogens with zero attached hydrogens (tertiary/aromatic N) is 3. The number of likely N-dealkylation sites (tertiary alicyclic amines) is 1. The summed E-state index contributed by atoms with van der Waals surface area (Å²) < 4.78 is 38.9. The summed E-state index contributed by atoms with van der Waals surface area (Å²) in [4.78, 5) is 19.7. The van der Waals surface area contributed by atoms with Gasteiger partial charge < -0.3 is 15.1 Å². The quantitative estimate of drug-likeness (QED) is 0.627. The number of carbonyl (C=O) groups excluding carboxylic acids is 1. The van der Waals surface area contributed by atoms with Crippen LogP contribution in [0, 0.1) is 0 Å². The summed E-state index contributed by atoms with van der Waals surface area (Å²) in [5, 5.41) is 3.24. The van der Waals surface area contributed by atoms with Gasteiger partial charge in [-0.3, -0.25) is 4.79 Å². The summed E-state index contributed by atoms with van der Waals surface area (Å²) in [5.41, 5.74) is 0.0690. The molecule has 1 aromatic carbocycles. The molecule has 1 aromatic rings. The standard InChI is InChI=1S/C19H27F3N4O/c1-4-9-23-18(24-12-17(27)25(2)3)26-10-8-15(13-26)14-6-5-7-16(11-14)19(20,21)22/h5-7,11,15H,4,8-10,12-13H2,1-3H3,(H,23,24). The summed E-state index contributed by atoms with van der Waals surface area (Å²) >= 11 is 0. The second-order valence-electron chi connectivity index (χ2n) is 6.91. The highest BCUT2D eigenvalue weighted by Crippen LogP contribution is 2.33. The number of hydrogen-bond acceptors (Lipinski definition) is 2. The Kier molecular flexibility index (Phi) is 7.10. The Labute approximate surface area is 158 Å². The van der Waals surface area contributed by atoms with E-state index in [-0.39, 0.29) is 18.4 Å². The minimum Gasteiger partial charge on any atom is -0.356 e. The fourth-order valence-electron chi connectivity index (χ4n) is 2.98. The summed E-state index contributed by atoms with van der Waals surface area (Å²) in [5.74, 6) is 0.548. The molecule has 150 valence electrons. The van der Waals surface area contributed by atoms with E-state index in [0.29, 0.717) is 24.6 Å². The van der Waals surface area contributed by atoms with Crippen molar-refractivity contribution in [1.29, 1.82) is 0 Å². The van der Waals surface area contributed by atoms with Crippen LogP contribution >= 0.6 is 0 Å². The highest BCUT2D eigenvalue weighted by molar-refractivity contribution is 5.85. The second-order valence-corrected chi connectivity index (χ2v) is 6.91. The first-order chi connectivity index (χ1) is 12.7. The van der Waals surface area contributed by atoms with E-state index in [0.717, 1.165) is 25.5 Å². The molecule has 1 N–H and O–H groups in total. The molecule has 0 aliphatic carbocycles. The Morgan fingerprint density at radius 2 is 2.11 bits per heavy atom. The Hall–Kier alpha value is -2.25. The van der Waals surface area contributed by atoms with Crippen LogP contribution in [-0.2, 0) is 11.0 Å². The molecule has 1 heterocycles. The van der Waals surface area contributed by atoms with Gasteiger partial charge >= 0.3 is 6.18 Å². The van der Waals surface area contributed by atoms with E-state index < -0.39 is 11.7 Å². The van der Waals surface area contributed by atoms with Gasteiger partial charge in [-0.1, -0.05) is 25.1 Å². The molecule has 0 bridgehead atoms. The van der Waals surface area contributed by atoms with Crippen molar-refractivity contribution >= 4 is 11.9 Å². The van der Waals surface area contributed by atoms with Crippen molar-refractivity contribution in [3.63, 3.8) is 0 Å². The van der Waals surface area contributed by atoms with Crippen molar-refractivity contribution in [1.82, 2.24) is 15.1 Å². The largest absolute Gasteiger partial charge is 0.416 e. The van der Waals surface area contributed by atoms with Crippen molar-refractivity contribution in [3.05, 3.63) is 35.4 Å². The number of hydrogen-bond donors (Lipinski definition) is 1. The molecule has 0 spiro atoms. The van der Waals surface area contributed by atoms with Gasteiger partial charge in [0, 0.05) is 39.6 Å². The molecule has 1 unspecified atom stereocenters. The molecule has 8 heteroatoms. The molecular weight excluding hydrogens is 357 g/mol. The highest BCUT2D eigenvalue weighted by atomic mass is 19.4. The third kappa shape index (κ3) is 5.87. The predicted molar refractivity (Wildman–Crippen MR) is 99.7 cm³/mol. The fraction of sp³-hybridized carbons (Fsp3) is 0.579. The van der Waals surface area contributed by atoms with Crippen molar-refractivity contribution in [2.24, 2.45) is 4.99 Å². The number of benzene rings is 1. The first-order valence-electron chi connectivity index (χ1n) is 9.13. The monoisotopic (exact) mass is 384 g/mol. The van der Waals surface area contributed by atoms with Crippen LogP contribution in [0.3, 0.4) is 0 Å². The maximum Gasteiger partial charge on any atom is 0.416 e. The maximum absolute atomic E-state index is 13.0. The smallest absolute Gasteiger partial charge is 0.356 e. The van der Waals surface area contributed by atoms with E-state index in [9.17, 15) is 18.0 Å². The molecule has 2 rings (SSSR count). The van der Waals surface area contributed by atoms with E-state index in [1.165, 1.54) is 17.0 Å². The third-order valence-corrected chi connectivity index (χ3v) is 4.57. The van der Waals surface area contributed by atoms with Crippen molar-refractivity contribution < 1.29 is 18.0 Å². The van der Waals surface area contributed by atoms with Gasteiger partial charge in [-0.25, -0.2) is 4.99 Å². The molecule has 1 amide bonds. The third-order valence-electron chi connectivity index (χ3n) is 4.57. The van der Waals surface area contributed by atoms with Crippen LogP contribution in [0.15, 0.2) is 29.3 Å². The lowest BCUT2D eigenvalue weighted by Gasteiger charge is -2.22. The minimum atomic E-state index is -4.34. The van der Waals surface area contributed by atoms with Crippen LogP contribution in [0.4, 0.5) is 13.2 Å². The number of nitrogens with one attached hydrogen (secondary N) is 1. The van der Waals surface area contributed by atoms with Crippen LogP contribution in [-0.4, -0.2) is 61.9 Å². The first kappa shape index (κ1) is 21.1. The minimum absolute atomic E-state index is 0.00507. The van der Waals surface area contributed by atoms with Gasteiger partial charge in [0.2, 0.25) is 5.91 Å². The number of alkyl halides is 3. The average Bonchev–Trinajstić information content (AvgIpc) is 3.11. The number of likely N-dealkylation sites (N-methyl/N-ethyl adjacent to an activating group) is 1. The van der Waals surface area contributed by atoms with Crippen LogP contribution < -0.4 is 5.32 Å². The van der Waals surface area contributed by atoms with Crippen LogP contribution in [0.1, 0.15) is 36.8 Å². The summed E-state index contributed by atoms with van der Waals surface area (Å²) in [6.45, 7) is 4.06. The first-order valence-corrected chi connectivity index (χ1v) is 9.13. The van der Waals surface area contributed by atoms with Gasteiger partial charge in [-0.05, 0) is 24.5 Å². The Balaban J connectivity index is 2.11. The normalized spacial score (nSPS) is 17.9. The molecular formula is C19H27F3N4O. The number of rotatable bonds is 5. The molecule has 0 aromatic heterocycles. The highest BCUT2D eigenvalue weighted by Gasteiger charge is 2.32. The van der Waals surface area contributed by atoms with Gasteiger partial charge in [-0.15, -0.1) is 0 Å². The number of amides is 1. The lowest BCUT2D eigenvalue weighted by Crippen LogP contribution is -2.41. The number of carbonyl (C=O) groups is 1. The van der Waals surface area contributed by atoms with Gasteiger partial charge in [0.05, 0.1) is 5.56 Å². The lowest BCUT2D eigenvalue weighted by atomic mass is 9.96. The molecule has 5 nitrogen and oxygen atoms in total. The molecule has 1 atom stereocenters. The average molecular weight is 384 g/mol. The maximum atomic E-state index is 13.0. The summed E-state index contributed by atoms with van der Waals surface area (Å²) in [6.07, 6.45) is -2.68. The van der Waals surface area contributed by atoms with Crippen LogP contribution in [0.5, 0.6) is 0 Å². The van der Waals surface area contributed by atoms with E-state index in [1.54, 1.807) is 20.2 Å². The number of halogens is 3. The molecule has 0 radical (unpaired) electrons. The van der Waals surface area contributed by atoms with Gasteiger partial charge in [-0.2, -0.15) is 13.2 Å². The second kappa shape index (κ2) is 9.10. The lowest BCUT2D eigenvalue weighted by molar-refractivity contribution is -0.137. The summed E-state index contributed by atoms with van der Waals surface area (Å²) in [6, 6.07) is 5.54. The van der Waals surface area contributed by atoms with Gasteiger partial charge in [0.15, 0.2) is 5.96 Å². The molecule has 1 saturated heterocycles. The van der Waals surface area contributed by atoms with E-state index in [4.69, 9.17) is 0 Å². The van der Waals surface area contributed by atoms with Crippen molar-refractivity contribution in [2.75, 3.05) is 40.3 Å². The zero-order valence-corrected chi connectivity index (χ0v) is 16.0. The molecule has 0 saturated carbocycles. The van der Waals surface area contributed by atoms with E-state index in [2.05, 4.69) is 10.3 Å². The molecule has 1 aliphatic heterocycles. The van der Waals surface area contributed by atoms with Gasteiger partial charge in [0.25, 0.3) is 0 Å². The topological polar surface area (TPSA) is 47.9 Å². The molecule has 1 fully saturated rings. The zero-order chi connectivity index (χ0) is 20.0. The van der Waals surface area contributed by atoms with E-state index >= 15 is 0 Å². The SMILES string of the molecule is CCCNC(=NCC(=O)N(C)C)N1CCC(c2cccc(C(F)(F)F)c2)C1. The zero-order valence-electron chi connectivity index (χ0n) is 16.0.